The fourth-order valence-electron chi connectivity index (χ4n) is 12.6. The molecule has 0 bridgehead atoms. The van der Waals surface area contributed by atoms with E-state index in [9.17, 15) is 24.6 Å². The van der Waals surface area contributed by atoms with Gasteiger partial charge in [0.25, 0.3) is 0 Å². The molecule has 15 heteroatoms. The number of aliphatic hydroxyl groups is 1. The lowest BCUT2D eigenvalue weighted by molar-refractivity contribution is -0.142. The number of aromatic hydroxyl groups is 1. The summed E-state index contributed by atoms with van der Waals surface area (Å²) in [6.45, 7) is 15.2. The second-order valence-electron chi connectivity index (χ2n) is 21.8. The molecular formula is C53H68N10O5. The van der Waals surface area contributed by atoms with Crippen LogP contribution in [-0.4, -0.2) is 156 Å². The van der Waals surface area contributed by atoms with Crippen molar-refractivity contribution in [3.05, 3.63) is 77.0 Å². The summed E-state index contributed by atoms with van der Waals surface area (Å²) in [5.41, 5.74) is 6.24. The molecular weight excluding hydrogens is 857 g/mol. The minimum Gasteiger partial charge on any atom is -0.507 e. The van der Waals surface area contributed by atoms with Gasteiger partial charge in [-0.2, -0.15) is 0 Å². The van der Waals surface area contributed by atoms with E-state index in [0.29, 0.717) is 47.9 Å². The first-order valence-electron chi connectivity index (χ1n) is 24.9. The number of likely N-dealkylation sites (tertiary alicyclic amines) is 4. The van der Waals surface area contributed by atoms with Crippen molar-refractivity contribution in [1.29, 1.82) is 0 Å². The van der Waals surface area contributed by atoms with Crippen molar-refractivity contribution in [2.24, 2.45) is 10.8 Å². The average Bonchev–Trinajstić information content (AvgIpc) is 3.90. The third-order valence-corrected chi connectivity index (χ3v) is 16.4. The number of aromatic amines is 1. The molecule has 2 aromatic carbocycles. The number of hydrogen-bond acceptors (Lipinski definition) is 10. The van der Waals surface area contributed by atoms with Crippen molar-refractivity contribution < 1.29 is 24.6 Å². The first-order chi connectivity index (χ1) is 32.7. The van der Waals surface area contributed by atoms with Gasteiger partial charge >= 0.3 is 6.03 Å². The number of hydrogen-bond donors (Lipinski definition) is 5. The van der Waals surface area contributed by atoms with Crippen LogP contribution in [0, 0.1) is 23.2 Å². The Morgan fingerprint density at radius 1 is 0.926 bits per heavy atom. The maximum atomic E-state index is 14.2. The molecule has 4 saturated heterocycles. The number of rotatable bonds is 9. The van der Waals surface area contributed by atoms with Gasteiger partial charge in [0.2, 0.25) is 11.8 Å². The van der Waals surface area contributed by atoms with E-state index in [2.05, 4.69) is 59.4 Å². The summed E-state index contributed by atoms with van der Waals surface area (Å²) >= 11 is 0. The van der Waals surface area contributed by atoms with Crippen LogP contribution in [0.2, 0.25) is 0 Å². The van der Waals surface area contributed by atoms with E-state index in [-0.39, 0.29) is 49.1 Å². The second kappa shape index (κ2) is 18.4. The van der Waals surface area contributed by atoms with Crippen molar-refractivity contribution >= 4 is 28.9 Å². The van der Waals surface area contributed by atoms with E-state index in [4.69, 9.17) is 6.42 Å². The number of phenols is 1. The van der Waals surface area contributed by atoms with Gasteiger partial charge < -0.3 is 40.5 Å². The van der Waals surface area contributed by atoms with Crippen LogP contribution in [0.3, 0.4) is 0 Å². The molecule has 4 atom stereocenters. The van der Waals surface area contributed by atoms with Gasteiger partial charge in [-0.3, -0.25) is 19.4 Å². The number of benzene rings is 2. The molecule has 1 aliphatic carbocycles. The monoisotopic (exact) mass is 925 g/mol. The Labute approximate surface area is 400 Å². The van der Waals surface area contributed by atoms with Gasteiger partial charge in [-0.25, -0.2) is 4.79 Å². The SMILES string of the molecule is C#Cc1ccc(CNC(=O)[C@@H]2C[C@@H](O)CN2C(=O)[C@@H](NC(=O)N2CCC(N3CCC(N4CC5(CC(N6CCc7[nH]c8nnc(-c9ccccc9O)cc8c7[C@H]6C)C5)C4)CC3)CC2)C(C)(C)C)cc1. The van der Waals surface area contributed by atoms with Gasteiger partial charge in [0, 0.05) is 105 Å². The number of nitrogens with one attached hydrogen (secondary N) is 3. The largest absolute Gasteiger partial charge is 0.507 e. The molecule has 4 aromatic rings. The smallest absolute Gasteiger partial charge is 0.318 e. The Balaban J connectivity index is 0.667. The van der Waals surface area contributed by atoms with Gasteiger partial charge in [-0.05, 0) is 111 Å². The number of para-hydroxylation sites is 1. The molecule has 68 heavy (non-hydrogen) atoms. The lowest BCUT2D eigenvalue weighted by atomic mass is 9.59. The van der Waals surface area contributed by atoms with Crippen molar-refractivity contribution in [1.82, 2.24) is 50.3 Å². The Kier molecular flexibility index (Phi) is 12.5. The van der Waals surface area contributed by atoms with Gasteiger partial charge in [0.1, 0.15) is 17.8 Å². The number of fused-ring (bicyclic) bond motifs is 3. The summed E-state index contributed by atoms with van der Waals surface area (Å²) in [7, 11) is 0. The van der Waals surface area contributed by atoms with Crippen molar-refractivity contribution in [3.63, 3.8) is 0 Å². The summed E-state index contributed by atoms with van der Waals surface area (Å²) in [6, 6.07) is 16.7. The number of aromatic nitrogens is 3. The Morgan fingerprint density at radius 2 is 1.62 bits per heavy atom. The highest BCUT2D eigenvalue weighted by Crippen LogP contribution is 2.54. The third kappa shape index (κ3) is 8.96. The summed E-state index contributed by atoms with van der Waals surface area (Å²) in [4.78, 5) is 56.4. The molecule has 360 valence electrons. The van der Waals surface area contributed by atoms with E-state index in [1.165, 1.54) is 54.9 Å². The number of terminal acetylenes is 1. The highest BCUT2D eigenvalue weighted by atomic mass is 16.3. The van der Waals surface area contributed by atoms with Crippen LogP contribution in [0.4, 0.5) is 4.79 Å². The molecule has 2 aromatic heterocycles. The molecule has 10 rings (SSSR count). The van der Waals surface area contributed by atoms with E-state index in [1.54, 1.807) is 6.07 Å². The van der Waals surface area contributed by atoms with E-state index in [0.717, 1.165) is 61.1 Å². The molecule has 15 nitrogen and oxygen atoms in total. The lowest BCUT2D eigenvalue weighted by Gasteiger charge is -2.64. The molecule has 5 aliphatic heterocycles. The predicted octanol–water partition coefficient (Wildman–Crippen LogP) is 5.03. The third-order valence-electron chi connectivity index (χ3n) is 16.4. The van der Waals surface area contributed by atoms with Crippen LogP contribution in [0.25, 0.3) is 22.3 Å². The standard InChI is InChI=1S/C53H68N10O5/c1-6-34-11-13-35(14-12-34)29-54-49(66)44-25-39(64)30-63(44)50(67)47(52(3,4)5)56-51(68)60-22-17-36(18-23-60)59-20-15-37(16-21-59)61-31-53(32-61)27-38(28-53)62-24-19-42-46(33(62)2)41-26-43(57-58-48(41)55-42)40-9-7-8-10-45(40)65/h1,7-14,26,33,36-39,44,47,64-65H,15-25,27-32H2,2-5H3,(H,54,66)(H,55,58)(H,56,68)/t33-,39-,44+,47-/m1/s1. The van der Waals surface area contributed by atoms with Crippen LogP contribution < -0.4 is 10.6 Å². The number of β-amino-alcohol motifs (C(OH)–C–C–N with tert-alkyl or cyclic N) is 1. The number of H-pyrrole nitrogens is 1. The quantitative estimate of drug-likeness (QED) is 0.144. The first-order valence-corrected chi connectivity index (χ1v) is 24.9. The summed E-state index contributed by atoms with van der Waals surface area (Å²) in [6.07, 6.45) is 12.4. The van der Waals surface area contributed by atoms with Gasteiger partial charge in [0.15, 0.2) is 5.65 Å². The number of carbonyl (C=O) groups is 3. The highest BCUT2D eigenvalue weighted by molar-refractivity contribution is 5.93. The van der Waals surface area contributed by atoms with Crippen molar-refractivity contribution in [2.45, 2.75) is 128 Å². The Hall–Kier alpha value is -5.53. The highest BCUT2D eigenvalue weighted by Gasteiger charge is 2.56. The van der Waals surface area contributed by atoms with Crippen LogP contribution in [0.5, 0.6) is 5.75 Å². The predicted molar refractivity (Wildman–Crippen MR) is 260 cm³/mol. The fourth-order valence-corrected chi connectivity index (χ4v) is 12.6. The summed E-state index contributed by atoms with van der Waals surface area (Å²) in [5.74, 6) is 2.10. The van der Waals surface area contributed by atoms with Gasteiger partial charge in [-0.1, -0.05) is 51.0 Å². The zero-order chi connectivity index (χ0) is 47.5. The Morgan fingerprint density at radius 3 is 2.31 bits per heavy atom. The summed E-state index contributed by atoms with van der Waals surface area (Å²) < 4.78 is 0. The molecule has 1 saturated carbocycles. The van der Waals surface area contributed by atoms with Gasteiger partial charge in [-0.15, -0.1) is 16.6 Å². The van der Waals surface area contributed by atoms with Crippen LogP contribution in [0.1, 0.15) is 101 Å². The number of nitrogens with zero attached hydrogens (tertiary/aromatic N) is 7. The van der Waals surface area contributed by atoms with E-state index in [1.807, 2.05) is 68.1 Å². The number of amides is 4. The number of phenolic OH excluding ortho intramolecular Hbond substituents is 1. The molecule has 5 fully saturated rings. The van der Waals surface area contributed by atoms with Crippen molar-refractivity contribution in [3.8, 4) is 29.4 Å². The number of piperidine rings is 2. The zero-order valence-corrected chi connectivity index (χ0v) is 40.1. The van der Waals surface area contributed by atoms with Crippen LogP contribution in [0.15, 0.2) is 54.6 Å². The molecule has 0 radical (unpaired) electrons. The molecule has 4 amide bonds. The van der Waals surface area contributed by atoms with Crippen molar-refractivity contribution in [2.75, 3.05) is 52.4 Å². The molecule has 7 heterocycles. The van der Waals surface area contributed by atoms with Crippen LogP contribution >= 0.6 is 0 Å². The number of carbonyl (C=O) groups excluding carboxylic acids is 3. The fraction of sp³-hybridized carbons (Fsp3) is 0.566. The minimum atomic E-state index is -0.876. The molecule has 0 unspecified atom stereocenters. The maximum absolute atomic E-state index is 14.2. The Bertz CT molecular complexity index is 2550. The lowest BCUT2D eigenvalue weighted by Crippen LogP contribution is -2.69. The average molecular weight is 925 g/mol. The molecule has 6 aliphatic rings. The van der Waals surface area contributed by atoms with E-state index < -0.39 is 23.6 Å². The summed E-state index contributed by atoms with van der Waals surface area (Å²) in [5, 5.41) is 37.2. The zero-order valence-electron chi connectivity index (χ0n) is 40.1. The second-order valence-corrected chi connectivity index (χ2v) is 21.8. The molecule has 1 spiro atoms. The normalized spacial score (nSPS) is 24.6. The maximum Gasteiger partial charge on any atom is 0.318 e. The first kappa shape index (κ1) is 46.2. The minimum absolute atomic E-state index is 0.0336. The van der Waals surface area contributed by atoms with E-state index >= 15 is 0 Å². The number of aliphatic hydroxyl groups excluding tert-OH is 1. The number of urea groups is 1. The van der Waals surface area contributed by atoms with Crippen LogP contribution in [-0.2, 0) is 22.6 Å². The molecule has 5 N–H and O–H groups in total. The van der Waals surface area contributed by atoms with Gasteiger partial charge in [0.05, 0.1) is 11.8 Å². The topological polar surface area (TPSA) is 173 Å².